The Labute approximate surface area is 146 Å². The van der Waals surface area contributed by atoms with E-state index in [1.54, 1.807) is 0 Å². The minimum absolute atomic E-state index is 0.532. The second-order valence-corrected chi connectivity index (χ2v) is 8.43. The molecule has 2 aromatic rings. The van der Waals surface area contributed by atoms with Crippen molar-refractivity contribution < 1.29 is 4.42 Å². The van der Waals surface area contributed by atoms with Crippen LogP contribution in [0.25, 0.3) is 0 Å². The first-order valence-electron chi connectivity index (χ1n) is 8.76. The maximum absolute atomic E-state index is 5.79. The van der Waals surface area contributed by atoms with E-state index in [0.29, 0.717) is 12.0 Å². The SMILES string of the molecule is Cc1nc(C)c(CN2CC[C@@H](N(C)Cc3nnc(C4CC4)o3)C2)s1. The molecule has 1 atom stereocenters. The van der Waals surface area contributed by atoms with E-state index in [1.165, 1.54) is 34.8 Å². The Hall–Kier alpha value is -1.31. The fraction of sp³-hybridized carbons (Fsp3) is 0.706. The molecule has 0 amide bonds. The van der Waals surface area contributed by atoms with Gasteiger partial charge in [-0.3, -0.25) is 9.80 Å². The summed E-state index contributed by atoms with van der Waals surface area (Å²) >= 11 is 1.83. The molecule has 1 aliphatic heterocycles. The van der Waals surface area contributed by atoms with E-state index >= 15 is 0 Å². The van der Waals surface area contributed by atoms with Crippen molar-refractivity contribution in [3.63, 3.8) is 0 Å². The van der Waals surface area contributed by atoms with Crippen LogP contribution < -0.4 is 0 Å². The second-order valence-electron chi connectivity index (χ2n) is 7.14. The smallest absolute Gasteiger partial charge is 0.230 e. The van der Waals surface area contributed by atoms with Gasteiger partial charge in [0.2, 0.25) is 11.8 Å². The van der Waals surface area contributed by atoms with E-state index in [-0.39, 0.29) is 0 Å². The van der Waals surface area contributed by atoms with Gasteiger partial charge in [0.15, 0.2) is 0 Å². The normalized spacial score (nSPS) is 21.9. The van der Waals surface area contributed by atoms with E-state index in [4.69, 9.17) is 4.42 Å². The van der Waals surface area contributed by atoms with Crippen molar-refractivity contribution in [3.8, 4) is 0 Å². The van der Waals surface area contributed by atoms with Gasteiger partial charge in [0.1, 0.15) is 0 Å². The summed E-state index contributed by atoms with van der Waals surface area (Å²) in [4.78, 5) is 10.8. The highest BCUT2D eigenvalue weighted by Crippen LogP contribution is 2.39. The minimum Gasteiger partial charge on any atom is -0.424 e. The van der Waals surface area contributed by atoms with Crippen LogP contribution in [0.1, 0.15) is 52.5 Å². The zero-order valence-electron chi connectivity index (χ0n) is 14.7. The van der Waals surface area contributed by atoms with Crippen molar-refractivity contribution in [3.05, 3.63) is 27.4 Å². The van der Waals surface area contributed by atoms with Crippen LogP contribution in [0.3, 0.4) is 0 Å². The molecule has 24 heavy (non-hydrogen) atoms. The third-order valence-corrected chi connectivity index (χ3v) is 6.09. The van der Waals surface area contributed by atoms with Gasteiger partial charge in [0.25, 0.3) is 0 Å². The van der Waals surface area contributed by atoms with Crippen molar-refractivity contribution in [2.24, 2.45) is 0 Å². The highest BCUT2D eigenvalue weighted by atomic mass is 32.1. The zero-order valence-corrected chi connectivity index (χ0v) is 15.5. The molecule has 0 bridgehead atoms. The fourth-order valence-electron chi connectivity index (χ4n) is 3.41. The van der Waals surface area contributed by atoms with E-state index < -0.39 is 0 Å². The maximum Gasteiger partial charge on any atom is 0.230 e. The first-order valence-corrected chi connectivity index (χ1v) is 9.58. The lowest BCUT2D eigenvalue weighted by molar-refractivity contribution is 0.204. The zero-order chi connectivity index (χ0) is 16.7. The summed E-state index contributed by atoms with van der Waals surface area (Å²) in [5.41, 5.74) is 1.19. The Kier molecular flexibility index (Phi) is 4.40. The Balaban J connectivity index is 1.31. The van der Waals surface area contributed by atoms with Crippen LogP contribution in [0.5, 0.6) is 0 Å². The van der Waals surface area contributed by atoms with Crippen molar-refractivity contribution in [1.82, 2.24) is 25.0 Å². The van der Waals surface area contributed by atoms with Gasteiger partial charge < -0.3 is 4.42 Å². The van der Waals surface area contributed by atoms with Gasteiger partial charge in [-0.2, -0.15) is 0 Å². The van der Waals surface area contributed by atoms with Crippen molar-refractivity contribution >= 4 is 11.3 Å². The lowest BCUT2D eigenvalue weighted by atomic mass is 10.2. The molecule has 2 aromatic heterocycles. The number of hydrogen-bond acceptors (Lipinski definition) is 7. The summed E-state index contributed by atoms with van der Waals surface area (Å²) in [6.45, 7) is 8.21. The molecular weight excluding hydrogens is 322 g/mol. The minimum atomic E-state index is 0.532. The number of hydrogen-bond donors (Lipinski definition) is 0. The topological polar surface area (TPSA) is 58.3 Å². The molecule has 0 radical (unpaired) electrons. The summed E-state index contributed by atoms with van der Waals surface area (Å²) < 4.78 is 5.79. The number of aromatic nitrogens is 3. The predicted molar refractivity (Wildman–Crippen MR) is 93.0 cm³/mol. The monoisotopic (exact) mass is 347 g/mol. The lowest BCUT2D eigenvalue weighted by Crippen LogP contribution is -2.34. The van der Waals surface area contributed by atoms with Crippen LogP contribution in [-0.4, -0.2) is 51.2 Å². The summed E-state index contributed by atoms with van der Waals surface area (Å²) in [5, 5.41) is 9.56. The first-order chi connectivity index (χ1) is 11.6. The second kappa shape index (κ2) is 6.54. The molecule has 1 aliphatic carbocycles. The number of aryl methyl sites for hydroxylation is 2. The van der Waals surface area contributed by atoms with Crippen LogP contribution >= 0.6 is 11.3 Å². The van der Waals surface area contributed by atoms with Crippen molar-refractivity contribution in [2.75, 3.05) is 20.1 Å². The summed E-state index contributed by atoms with van der Waals surface area (Å²) in [6, 6.07) is 0.551. The Bertz CT molecular complexity index is 708. The van der Waals surface area contributed by atoms with Crippen LogP contribution in [0, 0.1) is 13.8 Å². The molecule has 0 spiro atoms. The van der Waals surface area contributed by atoms with Crippen LogP contribution in [-0.2, 0) is 13.1 Å². The maximum atomic E-state index is 5.79. The highest BCUT2D eigenvalue weighted by Gasteiger charge is 2.31. The quantitative estimate of drug-likeness (QED) is 0.801. The number of nitrogens with zero attached hydrogens (tertiary/aromatic N) is 5. The Morgan fingerprint density at radius 1 is 1.25 bits per heavy atom. The van der Waals surface area contributed by atoms with Gasteiger partial charge in [-0.05, 0) is 40.2 Å². The number of thiazole rings is 1. The third kappa shape index (κ3) is 3.53. The summed E-state index contributed by atoms with van der Waals surface area (Å²) in [7, 11) is 2.16. The molecule has 1 saturated carbocycles. The van der Waals surface area contributed by atoms with Gasteiger partial charge in [-0.15, -0.1) is 21.5 Å². The van der Waals surface area contributed by atoms with E-state index in [9.17, 15) is 0 Å². The van der Waals surface area contributed by atoms with Gasteiger partial charge >= 0.3 is 0 Å². The molecule has 0 aromatic carbocycles. The van der Waals surface area contributed by atoms with E-state index in [0.717, 1.165) is 38.0 Å². The fourth-order valence-corrected chi connectivity index (χ4v) is 4.39. The molecule has 0 unspecified atom stereocenters. The Morgan fingerprint density at radius 2 is 2.08 bits per heavy atom. The van der Waals surface area contributed by atoms with Crippen LogP contribution in [0.2, 0.25) is 0 Å². The molecule has 130 valence electrons. The van der Waals surface area contributed by atoms with Gasteiger partial charge in [0.05, 0.1) is 17.2 Å². The molecule has 2 aliphatic rings. The standard InChI is InChI=1S/C17H25N5OS/c1-11-15(24-12(2)18-11)9-22-7-6-14(8-22)21(3)10-16-19-20-17(23-16)13-4-5-13/h13-14H,4-10H2,1-3H3/t14-/m1/s1. The van der Waals surface area contributed by atoms with Crippen LogP contribution in [0.15, 0.2) is 4.42 Å². The average molecular weight is 347 g/mol. The Morgan fingerprint density at radius 3 is 2.79 bits per heavy atom. The van der Waals surface area contributed by atoms with Gasteiger partial charge in [0, 0.05) is 36.5 Å². The molecule has 4 rings (SSSR count). The summed E-state index contributed by atoms with van der Waals surface area (Å²) in [6.07, 6.45) is 3.59. The van der Waals surface area contributed by atoms with Crippen molar-refractivity contribution in [1.29, 1.82) is 0 Å². The number of likely N-dealkylation sites (tertiary alicyclic amines) is 1. The highest BCUT2D eigenvalue weighted by molar-refractivity contribution is 7.11. The van der Waals surface area contributed by atoms with E-state index in [1.807, 2.05) is 11.3 Å². The largest absolute Gasteiger partial charge is 0.424 e. The third-order valence-electron chi connectivity index (χ3n) is 5.03. The van der Waals surface area contributed by atoms with Crippen LogP contribution in [0.4, 0.5) is 0 Å². The number of likely N-dealkylation sites (N-methyl/N-ethyl adjacent to an activating group) is 1. The predicted octanol–water partition coefficient (Wildman–Crippen LogP) is 2.73. The average Bonchev–Trinajstić information content (AvgIpc) is 2.96. The molecule has 3 heterocycles. The molecule has 7 heteroatoms. The molecular formula is C17H25N5OS. The lowest BCUT2D eigenvalue weighted by Gasteiger charge is -2.23. The van der Waals surface area contributed by atoms with Crippen molar-refractivity contribution in [2.45, 2.75) is 58.2 Å². The first kappa shape index (κ1) is 16.2. The summed E-state index contributed by atoms with van der Waals surface area (Å²) in [5.74, 6) is 2.12. The molecule has 1 saturated heterocycles. The van der Waals surface area contributed by atoms with Gasteiger partial charge in [-0.25, -0.2) is 4.98 Å². The molecule has 0 N–H and O–H groups in total. The molecule has 6 nitrogen and oxygen atoms in total. The number of rotatable bonds is 6. The van der Waals surface area contributed by atoms with Gasteiger partial charge in [-0.1, -0.05) is 0 Å². The van der Waals surface area contributed by atoms with E-state index in [2.05, 4.69) is 45.9 Å². The molecule has 2 fully saturated rings.